The lowest BCUT2D eigenvalue weighted by atomic mass is 10.2. The largest absolute Gasteiger partial charge is 0.494 e. The van der Waals surface area contributed by atoms with Crippen molar-refractivity contribution in [2.45, 2.75) is 6.92 Å². The van der Waals surface area contributed by atoms with Crippen LogP contribution in [0.15, 0.2) is 24.3 Å². The number of halogens is 1. The highest BCUT2D eigenvalue weighted by Gasteiger charge is 2.12. The second-order valence-electron chi connectivity index (χ2n) is 4.36. The number of nitrogen functional groups attached to an aromatic ring is 1. The van der Waals surface area contributed by atoms with Crippen molar-refractivity contribution in [1.82, 2.24) is 9.97 Å². The van der Waals surface area contributed by atoms with Gasteiger partial charge in [-0.05, 0) is 31.2 Å². The van der Waals surface area contributed by atoms with Crippen LogP contribution in [0.25, 0.3) is 21.6 Å². The van der Waals surface area contributed by atoms with E-state index in [0.29, 0.717) is 17.2 Å². The molecule has 0 saturated carbocycles. The summed E-state index contributed by atoms with van der Waals surface area (Å²) in [7, 11) is 1.42. The molecule has 2 N–H and O–H groups in total. The summed E-state index contributed by atoms with van der Waals surface area (Å²) in [6.45, 7) is 1.99. The van der Waals surface area contributed by atoms with Crippen molar-refractivity contribution in [3.63, 3.8) is 0 Å². The van der Waals surface area contributed by atoms with Gasteiger partial charge in [0.05, 0.1) is 12.5 Å². The van der Waals surface area contributed by atoms with Crippen molar-refractivity contribution in [3.05, 3.63) is 35.0 Å². The Hall–Kier alpha value is -2.21. The molecule has 2 heterocycles. The molecule has 1 aromatic carbocycles. The molecular weight excluding hydrogens is 277 g/mol. The van der Waals surface area contributed by atoms with Gasteiger partial charge in [0.15, 0.2) is 17.4 Å². The summed E-state index contributed by atoms with van der Waals surface area (Å²) in [6, 6.07) is 6.47. The zero-order valence-corrected chi connectivity index (χ0v) is 11.8. The van der Waals surface area contributed by atoms with Crippen molar-refractivity contribution >= 4 is 27.4 Å². The molecule has 0 unspecified atom stereocenters. The average molecular weight is 289 g/mol. The number of fused-ring (bicyclic) bond motifs is 1. The second-order valence-corrected chi connectivity index (χ2v) is 5.59. The van der Waals surface area contributed by atoms with Gasteiger partial charge in [-0.15, -0.1) is 11.3 Å². The number of anilines is 1. The SMILES string of the molecule is COc1cc(-c2nc(N)c3cc(C)sc3n2)ccc1F. The number of aryl methyl sites for hydroxylation is 1. The molecule has 0 amide bonds. The monoisotopic (exact) mass is 289 g/mol. The van der Waals surface area contributed by atoms with E-state index in [9.17, 15) is 4.39 Å². The number of benzene rings is 1. The normalized spacial score (nSPS) is 10.9. The Morgan fingerprint density at radius 2 is 2.05 bits per heavy atom. The van der Waals surface area contributed by atoms with Gasteiger partial charge < -0.3 is 10.5 Å². The van der Waals surface area contributed by atoms with Gasteiger partial charge in [0, 0.05) is 10.4 Å². The first-order valence-electron chi connectivity index (χ1n) is 5.96. The van der Waals surface area contributed by atoms with Crippen LogP contribution in [0.1, 0.15) is 4.88 Å². The van der Waals surface area contributed by atoms with Gasteiger partial charge in [0.25, 0.3) is 0 Å². The molecule has 4 nitrogen and oxygen atoms in total. The first-order chi connectivity index (χ1) is 9.58. The minimum absolute atomic E-state index is 0.159. The van der Waals surface area contributed by atoms with Crippen molar-refractivity contribution in [2.24, 2.45) is 0 Å². The third kappa shape index (κ3) is 2.08. The van der Waals surface area contributed by atoms with E-state index < -0.39 is 5.82 Å². The Labute approximate surface area is 119 Å². The van der Waals surface area contributed by atoms with Gasteiger partial charge in [-0.1, -0.05) is 0 Å². The molecule has 0 radical (unpaired) electrons. The van der Waals surface area contributed by atoms with E-state index in [-0.39, 0.29) is 5.75 Å². The molecule has 102 valence electrons. The Bertz CT molecular complexity index is 800. The smallest absolute Gasteiger partial charge is 0.165 e. The second kappa shape index (κ2) is 4.72. The van der Waals surface area contributed by atoms with Crippen molar-refractivity contribution in [3.8, 4) is 17.1 Å². The van der Waals surface area contributed by atoms with Crippen LogP contribution in [0.2, 0.25) is 0 Å². The first-order valence-corrected chi connectivity index (χ1v) is 6.77. The summed E-state index contributed by atoms with van der Waals surface area (Å²) >= 11 is 1.55. The first kappa shape index (κ1) is 12.8. The highest BCUT2D eigenvalue weighted by atomic mass is 32.1. The molecule has 0 atom stereocenters. The lowest BCUT2D eigenvalue weighted by Gasteiger charge is -2.06. The number of nitrogens with zero attached hydrogens (tertiary/aromatic N) is 2. The number of hydrogen-bond acceptors (Lipinski definition) is 5. The summed E-state index contributed by atoms with van der Waals surface area (Å²) in [5, 5.41) is 0.852. The van der Waals surface area contributed by atoms with Crippen LogP contribution in [0, 0.1) is 12.7 Å². The average Bonchev–Trinajstić information content (AvgIpc) is 2.80. The summed E-state index contributed by atoms with van der Waals surface area (Å²) in [4.78, 5) is 10.7. The minimum Gasteiger partial charge on any atom is -0.494 e. The van der Waals surface area contributed by atoms with Crippen LogP contribution in [0.3, 0.4) is 0 Å². The maximum absolute atomic E-state index is 13.4. The number of aromatic nitrogens is 2. The molecule has 6 heteroatoms. The molecule has 0 spiro atoms. The number of ether oxygens (including phenoxy) is 1. The molecule has 20 heavy (non-hydrogen) atoms. The van der Waals surface area contributed by atoms with Crippen LogP contribution in [0.4, 0.5) is 10.2 Å². The molecule has 3 aromatic rings. The molecule has 3 rings (SSSR count). The highest BCUT2D eigenvalue weighted by molar-refractivity contribution is 7.18. The Balaban J connectivity index is 2.18. The zero-order chi connectivity index (χ0) is 14.3. The van der Waals surface area contributed by atoms with Gasteiger partial charge in [-0.25, -0.2) is 14.4 Å². The quantitative estimate of drug-likeness (QED) is 0.785. The third-order valence-corrected chi connectivity index (χ3v) is 3.90. The molecule has 0 aliphatic carbocycles. The fourth-order valence-electron chi connectivity index (χ4n) is 1.99. The van der Waals surface area contributed by atoms with E-state index in [4.69, 9.17) is 10.5 Å². The Kier molecular flexibility index (Phi) is 3.02. The summed E-state index contributed by atoms with van der Waals surface area (Å²) < 4.78 is 18.4. The summed E-state index contributed by atoms with van der Waals surface area (Å²) in [6.07, 6.45) is 0. The number of nitrogens with two attached hydrogens (primary N) is 1. The molecule has 0 bridgehead atoms. The fourth-order valence-corrected chi connectivity index (χ4v) is 2.88. The molecule has 0 fully saturated rings. The van der Waals surface area contributed by atoms with E-state index in [2.05, 4.69) is 9.97 Å². The topological polar surface area (TPSA) is 61.0 Å². The lowest BCUT2D eigenvalue weighted by molar-refractivity contribution is 0.387. The number of hydrogen-bond donors (Lipinski definition) is 1. The maximum Gasteiger partial charge on any atom is 0.165 e. The standard InChI is InChI=1S/C14H12FN3OS/c1-7-5-9-12(16)17-13(18-14(9)20-7)8-3-4-10(15)11(6-8)19-2/h3-6H,1-2H3,(H2,16,17,18). The van der Waals surface area contributed by atoms with Gasteiger partial charge in [-0.3, -0.25) is 0 Å². The Morgan fingerprint density at radius 3 is 2.80 bits per heavy atom. The van der Waals surface area contributed by atoms with Crippen molar-refractivity contribution < 1.29 is 9.13 Å². The van der Waals surface area contributed by atoms with Gasteiger partial charge in [0.1, 0.15) is 10.6 Å². The van der Waals surface area contributed by atoms with Gasteiger partial charge in [-0.2, -0.15) is 0 Å². The molecule has 2 aromatic heterocycles. The van der Waals surface area contributed by atoms with Gasteiger partial charge >= 0.3 is 0 Å². The van der Waals surface area contributed by atoms with Crippen LogP contribution in [0.5, 0.6) is 5.75 Å². The number of rotatable bonds is 2. The van der Waals surface area contributed by atoms with E-state index >= 15 is 0 Å². The van der Waals surface area contributed by atoms with Crippen LogP contribution < -0.4 is 10.5 Å². The van der Waals surface area contributed by atoms with Crippen molar-refractivity contribution in [2.75, 3.05) is 12.8 Å². The van der Waals surface area contributed by atoms with Crippen LogP contribution in [-0.2, 0) is 0 Å². The molecular formula is C14H12FN3OS. The predicted molar refractivity (Wildman–Crippen MR) is 78.5 cm³/mol. The molecule has 0 aliphatic rings. The highest BCUT2D eigenvalue weighted by Crippen LogP contribution is 2.31. The van der Waals surface area contributed by atoms with Crippen LogP contribution >= 0.6 is 11.3 Å². The van der Waals surface area contributed by atoms with E-state index in [1.54, 1.807) is 23.5 Å². The predicted octanol–water partition coefficient (Wildman–Crippen LogP) is 3.40. The summed E-state index contributed by atoms with van der Waals surface area (Å²) in [5.41, 5.74) is 6.63. The minimum atomic E-state index is -0.419. The van der Waals surface area contributed by atoms with Gasteiger partial charge in [0.2, 0.25) is 0 Å². The summed E-state index contributed by atoms with van der Waals surface area (Å²) in [5.74, 6) is 0.636. The zero-order valence-electron chi connectivity index (χ0n) is 11.0. The van der Waals surface area contributed by atoms with Crippen LogP contribution in [-0.4, -0.2) is 17.1 Å². The fraction of sp³-hybridized carbons (Fsp3) is 0.143. The van der Waals surface area contributed by atoms with E-state index in [0.717, 1.165) is 15.1 Å². The maximum atomic E-state index is 13.4. The third-order valence-electron chi connectivity index (χ3n) is 2.95. The lowest BCUT2D eigenvalue weighted by Crippen LogP contribution is -1.97. The molecule has 0 saturated heterocycles. The van der Waals surface area contributed by atoms with Crippen molar-refractivity contribution in [1.29, 1.82) is 0 Å². The number of thiophene rings is 1. The Morgan fingerprint density at radius 1 is 1.25 bits per heavy atom. The van der Waals surface area contributed by atoms with E-state index in [1.807, 2.05) is 13.0 Å². The molecule has 0 aliphatic heterocycles. The van der Waals surface area contributed by atoms with E-state index in [1.165, 1.54) is 13.2 Å². The number of methoxy groups -OCH3 is 1.